The summed E-state index contributed by atoms with van der Waals surface area (Å²) in [6, 6.07) is 5.37. The van der Waals surface area contributed by atoms with Crippen LogP contribution in [-0.2, 0) is 11.3 Å². The minimum atomic E-state index is -2.02. The number of nitrogens with zero attached hydrogens (tertiary/aromatic N) is 1. The second-order valence-corrected chi connectivity index (χ2v) is 4.70. The summed E-state index contributed by atoms with van der Waals surface area (Å²) in [6.45, 7) is 1.93. The van der Waals surface area contributed by atoms with Crippen LogP contribution in [-0.4, -0.2) is 13.7 Å². The molecule has 4 nitrogen and oxygen atoms in total. The highest BCUT2D eigenvalue weighted by atomic mass is 32.2. The molecule has 0 radical (unpaired) electrons. The first-order valence-electron chi connectivity index (χ1n) is 3.90. The van der Waals surface area contributed by atoms with Gasteiger partial charge in [-0.1, -0.05) is 0 Å². The average Bonchev–Trinajstić information content (AvgIpc) is 2.42. The molecule has 0 saturated heterocycles. The number of hydrogen-bond donors (Lipinski definition) is 2. The predicted molar refractivity (Wildman–Crippen MR) is 58.8 cm³/mol. The fourth-order valence-electron chi connectivity index (χ4n) is 1.20. The Morgan fingerprint density at radius 3 is 3.07 bits per heavy atom. The number of hydrogen-bond acceptors (Lipinski definition) is 3. The third kappa shape index (κ3) is 1.92. The van der Waals surface area contributed by atoms with Crippen LogP contribution in [0.1, 0.15) is 5.01 Å². The van der Waals surface area contributed by atoms with Gasteiger partial charge in [0.15, 0.2) is 0 Å². The Balaban J connectivity index is 2.45. The van der Waals surface area contributed by atoms with Gasteiger partial charge in [-0.3, -0.25) is 9.27 Å². The second-order valence-electron chi connectivity index (χ2n) is 2.77. The normalized spacial score (nSPS) is 13.0. The van der Waals surface area contributed by atoms with E-state index >= 15 is 0 Å². The van der Waals surface area contributed by atoms with Crippen molar-refractivity contribution < 1.29 is 8.76 Å². The van der Waals surface area contributed by atoms with E-state index < -0.39 is 11.3 Å². The first kappa shape index (κ1) is 9.57. The second kappa shape index (κ2) is 3.64. The molecule has 1 atom stereocenters. The van der Waals surface area contributed by atoms with E-state index in [9.17, 15) is 4.21 Å². The largest absolute Gasteiger partial charge is 0.289 e. The molecule has 6 heteroatoms. The van der Waals surface area contributed by atoms with Crippen LogP contribution in [0.3, 0.4) is 0 Å². The van der Waals surface area contributed by atoms with Crippen LogP contribution in [0.5, 0.6) is 0 Å². The molecule has 1 aromatic carbocycles. The maximum atomic E-state index is 10.5. The quantitative estimate of drug-likeness (QED) is 0.774. The lowest BCUT2D eigenvalue weighted by Crippen LogP contribution is -2.00. The zero-order valence-electron chi connectivity index (χ0n) is 7.35. The van der Waals surface area contributed by atoms with E-state index in [0.29, 0.717) is 5.69 Å². The first-order valence-corrected chi connectivity index (χ1v) is 5.82. The summed E-state index contributed by atoms with van der Waals surface area (Å²) < 4.78 is 22.6. The molecular weight excluding hydrogens is 220 g/mol. The lowest BCUT2D eigenvalue weighted by Gasteiger charge is -1.99. The van der Waals surface area contributed by atoms with Crippen LogP contribution in [0.15, 0.2) is 18.2 Å². The SMILES string of the molecule is Cc1nc2ccc(NS(=O)O)cc2s1. The lowest BCUT2D eigenvalue weighted by atomic mass is 10.3. The highest BCUT2D eigenvalue weighted by molar-refractivity contribution is 7.80. The van der Waals surface area contributed by atoms with Gasteiger partial charge in [-0.15, -0.1) is 11.3 Å². The summed E-state index contributed by atoms with van der Waals surface area (Å²) in [6.07, 6.45) is 0. The van der Waals surface area contributed by atoms with Gasteiger partial charge in [0, 0.05) is 5.69 Å². The number of fused-ring (bicyclic) bond motifs is 1. The molecule has 0 aliphatic carbocycles. The molecule has 0 bridgehead atoms. The van der Waals surface area contributed by atoms with Crippen molar-refractivity contribution in [2.75, 3.05) is 4.72 Å². The Bertz CT molecular complexity index is 495. The van der Waals surface area contributed by atoms with Crippen LogP contribution in [0.2, 0.25) is 0 Å². The van der Waals surface area contributed by atoms with Crippen molar-refractivity contribution in [3.05, 3.63) is 23.2 Å². The molecule has 0 aliphatic rings. The third-order valence-corrected chi connectivity index (χ3v) is 3.04. The minimum absolute atomic E-state index is 0.627. The summed E-state index contributed by atoms with van der Waals surface area (Å²) in [5, 5.41) is 0.988. The zero-order chi connectivity index (χ0) is 10.1. The maximum absolute atomic E-state index is 10.5. The van der Waals surface area contributed by atoms with Gasteiger partial charge in [-0.25, -0.2) is 9.19 Å². The van der Waals surface area contributed by atoms with E-state index in [-0.39, 0.29) is 0 Å². The molecule has 0 fully saturated rings. The number of rotatable bonds is 2. The van der Waals surface area contributed by atoms with Crippen molar-refractivity contribution >= 4 is 38.5 Å². The summed E-state index contributed by atoms with van der Waals surface area (Å²) in [5.41, 5.74) is 1.55. The summed E-state index contributed by atoms with van der Waals surface area (Å²) in [7, 11) is 0. The van der Waals surface area contributed by atoms with Crippen molar-refractivity contribution in [2.45, 2.75) is 6.92 Å². The first-order chi connectivity index (χ1) is 6.65. The number of thiazole rings is 1. The van der Waals surface area contributed by atoms with E-state index in [0.717, 1.165) is 15.2 Å². The Hall–Kier alpha value is -0.980. The molecule has 0 saturated carbocycles. The number of anilines is 1. The summed E-state index contributed by atoms with van der Waals surface area (Å²) in [5.74, 6) is 0. The van der Waals surface area contributed by atoms with Crippen molar-refractivity contribution in [3.63, 3.8) is 0 Å². The maximum Gasteiger partial charge on any atom is 0.259 e. The van der Waals surface area contributed by atoms with Gasteiger partial charge in [0.2, 0.25) is 0 Å². The number of aryl methyl sites for hydroxylation is 1. The molecule has 1 heterocycles. The molecule has 0 spiro atoms. The Morgan fingerprint density at radius 1 is 1.57 bits per heavy atom. The Labute approximate surface area is 87.4 Å². The molecule has 2 N–H and O–H groups in total. The standard InChI is InChI=1S/C8H8N2O2S2/c1-5-9-7-3-2-6(10-14(11)12)4-8(7)13-5/h2-4,10H,1H3,(H,11,12). The number of nitrogens with one attached hydrogen (secondary N) is 1. The van der Waals surface area contributed by atoms with Crippen molar-refractivity contribution in [1.82, 2.24) is 4.98 Å². The number of benzene rings is 1. The smallest absolute Gasteiger partial charge is 0.259 e. The Kier molecular flexibility index (Phi) is 2.49. The van der Waals surface area contributed by atoms with E-state index in [4.69, 9.17) is 4.55 Å². The molecule has 0 aliphatic heterocycles. The molecule has 1 unspecified atom stereocenters. The fraction of sp³-hybridized carbons (Fsp3) is 0.125. The third-order valence-electron chi connectivity index (χ3n) is 1.70. The molecule has 0 amide bonds. The lowest BCUT2D eigenvalue weighted by molar-refractivity contribution is 0.570. The highest BCUT2D eigenvalue weighted by Gasteiger charge is 2.02. The zero-order valence-corrected chi connectivity index (χ0v) is 8.98. The topological polar surface area (TPSA) is 62.2 Å². The van der Waals surface area contributed by atoms with Gasteiger partial charge in [-0.2, -0.15) is 0 Å². The predicted octanol–water partition coefficient (Wildman–Crippen LogP) is 2.15. The number of aromatic nitrogens is 1. The van der Waals surface area contributed by atoms with Crippen LogP contribution in [0, 0.1) is 6.92 Å². The molecule has 74 valence electrons. The van der Waals surface area contributed by atoms with Crippen molar-refractivity contribution in [3.8, 4) is 0 Å². The highest BCUT2D eigenvalue weighted by Crippen LogP contribution is 2.24. The van der Waals surface area contributed by atoms with E-state index in [1.807, 2.05) is 19.1 Å². The van der Waals surface area contributed by atoms with Crippen molar-refractivity contribution in [1.29, 1.82) is 0 Å². The van der Waals surface area contributed by atoms with E-state index in [2.05, 4.69) is 9.71 Å². The molecular formula is C8H8N2O2S2. The fourth-order valence-corrected chi connectivity index (χ4v) is 2.40. The monoisotopic (exact) mass is 228 g/mol. The van der Waals surface area contributed by atoms with Gasteiger partial charge in [0.1, 0.15) is 0 Å². The molecule has 2 aromatic rings. The van der Waals surface area contributed by atoms with Crippen LogP contribution < -0.4 is 4.72 Å². The summed E-state index contributed by atoms with van der Waals surface area (Å²) in [4.78, 5) is 4.29. The van der Waals surface area contributed by atoms with Crippen LogP contribution in [0.25, 0.3) is 10.2 Å². The minimum Gasteiger partial charge on any atom is -0.289 e. The van der Waals surface area contributed by atoms with Crippen molar-refractivity contribution in [2.24, 2.45) is 0 Å². The van der Waals surface area contributed by atoms with E-state index in [1.54, 1.807) is 17.4 Å². The van der Waals surface area contributed by atoms with Gasteiger partial charge in [0.25, 0.3) is 11.3 Å². The van der Waals surface area contributed by atoms with Crippen LogP contribution >= 0.6 is 11.3 Å². The van der Waals surface area contributed by atoms with Crippen LogP contribution in [0.4, 0.5) is 5.69 Å². The van der Waals surface area contributed by atoms with E-state index in [1.165, 1.54) is 0 Å². The Morgan fingerprint density at radius 2 is 2.36 bits per heavy atom. The van der Waals surface area contributed by atoms with Gasteiger partial charge >= 0.3 is 0 Å². The average molecular weight is 228 g/mol. The molecule has 2 rings (SSSR count). The van der Waals surface area contributed by atoms with Gasteiger partial charge in [0.05, 0.1) is 15.2 Å². The molecule has 1 aromatic heterocycles. The van der Waals surface area contributed by atoms with Gasteiger partial charge in [-0.05, 0) is 25.1 Å². The summed E-state index contributed by atoms with van der Waals surface area (Å²) >= 11 is -0.457. The van der Waals surface area contributed by atoms with Gasteiger partial charge < -0.3 is 0 Å². The molecule has 14 heavy (non-hydrogen) atoms.